The smallest absolute Gasteiger partial charge is 0.0349 e. The van der Waals surface area contributed by atoms with E-state index in [-0.39, 0.29) is 0 Å². The Morgan fingerprint density at radius 1 is 0.962 bits per heavy atom. The molecular weight excluding hydrogens is 334 g/mol. The summed E-state index contributed by atoms with van der Waals surface area (Å²) in [6, 6.07) is 18.9. The number of hydrogen-bond donors (Lipinski definition) is 1. The molecule has 1 atom stereocenters. The van der Waals surface area contributed by atoms with Gasteiger partial charge in [0.05, 0.1) is 0 Å². The molecule has 1 aliphatic heterocycles. The van der Waals surface area contributed by atoms with E-state index in [0.29, 0.717) is 5.92 Å². The zero-order valence-corrected chi connectivity index (χ0v) is 15.4. The molecule has 2 aromatic carbocycles. The quantitative estimate of drug-likeness (QED) is 0.695. The molecule has 0 fully saturated rings. The molecule has 1 unspecified atom stereocenters. The fourth-order valence-electron chi connectivity index (χ4n) is 3.38. The van der Waals surface area contributed by atoms with Gasteiger partial charge in [0.15, 0.2) is 0 Å². The second-order valence-electron chi connectivity index (χ2n) is 6.52. The summed E-state index contributed by atoms with van der Waals surface area (Å²) in [4.78, 5) is 2.59. The van der Waals surface area contributed by atoms with Crippen LogP contribution in [0.3, 0.4) is 0 Å². The van der Waals surface area contributed by atoms with E-state index in [9.17, 15) is 0 Å². The number of fused-ring (bicyclic) bond motifs is 1. The Morgan fingerprint density at radius 2 is 1.73 bits per heavy atom. The van der Waals surface area contributed by atoms with E-state index in [1.165, 1.54) is 26.5 Å². The summed E-state index contributed by atoms with van der Waals surface area (Å²) in [7, 11) is 0. The topological polar surface area (TPSA) is 26.0 Å². The van der Waals surface area contributed by atoms with Gasteiger partial charge < -0.3 is 5.73 Å². The minimum Gasteiger partial charge on any atom is -0.398 e. The zero-order chi connectivity index (χ0) is 17.9. The average molecular weight is 356 g/mol. The van der Waals surface area contributed by atoms with Crippen LogP contribution in [0, 0.1) is 5.92 Å². The third kappa shape index (κ3) is 3.33. The predicted molar refractivity (Wildman–Crippen MR) is 113 cm³/mol. The molecule has 0 radical (unpaired) electrons. The molecule has 0 bridgehead atoms. The molecule has 1 nitrogen and oxygen atoms in total. The maximum atomic E-state index is 6.29. The van der Waals surface area contributed by atoms with Crippen molar-refractivity contribution < 1.29 is 0 Å². The standard InChI is InChI=1S/C24H21NS/c1-17-8-7-13-23(26-24-12-6-5-11-20(17)24)19-14-15-22(25)21(16-19)18-9-3-2-4-10-18/h2-15,19H,1,16,25H2/b8-7-,23-13-. The van der Waals surface area contributed by atoms with E-state index in [1.807, 2.05) is 17.8 Å². The lowest BCUT2D eigenvalue weighted by atomic mass is 9.88. The molecule has 2 heteroatoms. The minimum absolute atomic E-state index is 0.326. The highest BCUT2D eigenvalue weighted by atomic mass is 32.2. The first-order valence-corrected chi connectivity index (χ1v) is 9.60. The summed E-state index contributed by atoms with van der Waals surface area (Å²) in [5.41, 5.74) is 11.9. The number of nitrogens with two attached hydrogens (primary N) is 1. The van der Waals surface area contributed by atoms with Crippen LogP contribution in [0.25, 0.3) is 11.1 Å². The Kier molecular flexibility index (Phi) is 4.68. The van der Waals surface area contributed by atoms with Crippen molar-refractivity contribution in [2.45, 2.75) is 11.3 Å². The van der Waals surface area contributed by atoms with Crippen LogP contribution in [-0.4, -0.2) is 0 Å². The van der Waals surface area contributed by atoms with Gasteiger partial charge in [-0.15, -0.1) is 0 Å². The molecule has 0 amide bonds. The summed E-state index contributed by atoms with van der Waals surface area (Å²) in [6.45, 7) is 4.19. The lowest BCUT2D eigenvalue weighted by Gasteiger charge is -2.24. The van der Waals surface area contributed by atoms with Crippen molar-refractivity contribution in [3.05, 3.63) is 113 Å². The molecule has 4 rings (SSSR count). The minimum atomic E-state index is 0.326. The largest absolute Gasteiger partial charge is 0.398 e. The van der Waals surface area contributed by atoms with E-state index >= 15 is 0 Å². The molecule has 1 aliphatic carbocycles. The van der Waals surface area contributed by atoms with Crippen LogP contribution in [0.15, 0.2) is 107 Å². The fraction of sp³-hybridized carbons (Fsp3) is 0.0833. The van der Waals surface area contributed by atoms with Crippen LogP contribution in [0.1, 0.15) is 17.5 Å². The number of thioether (sulfide) groups is 1. The van der Waals surface area contributed by atoms with Crippen molar-refractivity contribution in [3.8, 4) is 0 Å². The number of hydrogen-bond acceptors (Lipinski definition) is 2. The van der Waals surface area contributed by atoms with E-state index in [2.05, 4.69) is 85.5 Å². The van der Waals surface area contributed by atoms with E-state index in [0.717, 1.165) is 17.7 Å². The van der Waals surface area contributed by atoms with Crippen LogP contribution in [0.2, 0.25) is 0 Å². The Hall–Kier alpha value is -2.71. The summed E-state index contributed by atoms with van der Waals surface area (Å²) in [6.07, 6.45) is 11.6. The zero-order valence-electron chi connectivity index (χ0n) is 14.6. The van der Waals surface area contributed by atoms with Crippen LogP contribution in [0.4, 0.5) is 0 Å². The van der Waals surface area contributed by atoms with Gasteiger partial charge in [-0.2, -0.15) is 0 Å². The predicted octanol–water partition coefficient (Wildman–Crippen LogP) is 6.19. The first-order valence-electron chi connectivity index (χ1n) is 8.79. The molecule has 128 valence electrons. The van der Waals surface area contributed by atoms with Crippen molar-refractivity contribution in [1.29, 1.82) is 0 Å². The van der Waals surface area contributed by atoms with Gasteiger partial charge in [0.25, 0.3) is 0 Å². The summed E-state index contributed by atoms with van der Waals surface area (Å²) in [5, 5.41) is 0. The number of allylic oxidation sites excluding steroid dienone is 8. The maximum Gasteiger partial charge on any atom is 0.0349 e. The van der Waals surface area contributed by atoms with Crippen LogP contribution in [0.5, 0.6) is 0 Å². The normalized spacial score (nSPS) is 22.8. The molecule has 0 saturated carbocycles. The lowest BCUT2D eigenvalue weighted by Crippen LogP contribution is -2.11. The molecule has 26 heavy (non-hydrogen) atoms. The Morgan fingerprint density at radius 3 is 2.58 bits per heavy atom. The van der Waals surface area contributed by atoms with Gasteiger partial charge in [-0.25, -0.2) is 0 Å². The highest BCUT2D eigenvalue weighted by Crippen LogP contribution is 2.43. The Balaban J connectivity index is 1.66. The molecule has 0 spiro atoms. The average Bonchev–Trinajstić information content (AvgIpc) is 2.67. The lowest BCUT2D eigenvalue weighted by molar-refractivity contribution is 0.814. The van der Waals surface area contributed by atoms with E-state index in [1.54, 1.807) is 0 Å². The van der Waals surface area contributed by atoms with Crippen molar-refractivity contribution in [2.75, 3.05) is 0 Å². The number of rotatable bonds is 2. The summed E-state index contributed by atoms with van der Waals surface area (Å²) < 4.78 is 0. The van der Waals surface area contributed by atoms with Crippen molar-refractivity contribution >= 4 is 22.9 Å². The third-order valence-electron chi connectivity index (χ3n) is 4.79. The third-order valence-corrected chi connectivity index (χ3v) is 6.04. The van der Waals surface area contributed by atoms with Gasteiger partial charge in [0.2, 0.25) is 0 Å². The molecular formula is C24H21NS. The Labute approximate surface area is 159 Å². The van der Waals surface area contributed by atoms with Gasteiger partial charge in [-0.1, -0.05) is 91.2 Å². The van der Waals surface area contributed by atoms with Crippen molar-refractivity contribution in [3.63, 3.8) is 0 Å². The van der Waals surface area contributed by atoms with E-state index < -0.39 is 0 Å². The first kappa shape index (κ1) is 16.7. The van der Waals surface area contributed by atoms with Gasteiger partial charge >= 0.3 is 0 Å². The molecule has 0 aromatic heterocycles. The van der Waals surface area contributed by atoms with Gasteiger partial charge in [0, 0.05) is 16.5 Å². The number of benzene rings is 2. The van der Waals surface area contributed by atoms with Crippen molar-refractivity contribution in [2.24, 2.45) is 11.7 Å². The monoisotopic (exact) mass is 355 g/mol. The van der Waals surface area contributed by atoms with E-state index in [4.69, 9.17) is 5.73 Å². The van der Waals surface area contributed by atoms with Crippen molar-refractivity contribution in [1.82, 2.24) is 0 Å². The molecule has 0 saturated heterocycles. The molecule has 2 aromatic rings. The van der Waals surface area contributed by atoms with Gasteiger partial charge in [-0.3, -0.25) is 0 Å². The second kappa shape index (κ2) is 7.27. The highest BCUT2D eigenvalue weighted by molar-refractivity contribution is 8.03. The van der Waals surface area contributed by atoms with Gasteiger partial charge in [0.1, 0.15) is 0 Å². The summed E-state index contributed by atoms with van der Waals surface area (Å²) in [5.74, 6) is 0.326. The fourth-order valence-corrected chi connectivity index (χ4v) is 4.55. The maximum absolute atomic E-state index is 6.29. The van der Waals surface area contributed by atoms with Crippen LogP contribution < -0.4 is 5.73 Å². The van der Waals surface area contributed by atoms with Crippen LogP contribution in [-0.2, 0) is 0 Å². The highest BCUT2D eigenvalue weighted by Gasteiger charge is 2.21. The Bertz CT molecular complexity index is 961. The van der Waals surface area contributed by atoms with Gasteiger partial charge in [-0.05, 0) is 45.7 Å². The SMILES string of the molecule is C=C1/C=C\C=C(\C2C=CC(N)=C(c3ccccc3)C2)Sc2ccccc21. The molecule has 2 aliphatic rings. The molecule has 2 N–H and O–H groups in total. The summed E-state index contributed by atoms with van der Waals surface area (Å²) >= 11 is 1.83. The first-order chi connectivity index (χ1) is 12.7. The molecule has 1 heterocycles. The second-order valence-corrected chi connectivity index (χ2v) is 7.64. The van der Waals surface area contributed by atoms with Crippen LogP contribution >= 0.6 is 11.8 Å².